The molecule has 0 bridgehead atoms. The lowest BCUT2D eigenvalue weighted by Crippen LogP contribution is -2.26. The lowest BCUT2D eigenvalue weighted by Gasteiger charge is -2.13. The molecule has 0 saturated carbocycles. The van der Waals surface area contributed by atoms with Gasteiger partial charge in [-0.2, -0.15) is 5.10 Å². The molecule has 1 atom stereocenters. The van der Waals surface area contributed by atoms with E-state index in [-0.39, 0.29) is 23.9 Å². The van der Waals surface area contributed by atoms with Crippen LogP contribution >= 0.6 is 11.6 Å². The Morgan fingerprint density at radius 3 is 2.71 bits per heavy atom. The van der Waals surface area contributed by atoms with E-state index in [0.717, 1.165) is 11.1 Å². The van der Waals surface area contributed by atoms with Gasteiger partial charge in [0.2, 0.25) is 5.88 Å². The first kappa shape index (κ1) is 24.4. The predicted molar refractivity (Wildman–Crippen MR) is 131 cm³/mol. The number of nitrogen functional groups attached to an aromatic ring is 1. The maximum Gasteiger partial charge on any atom is 0.256 e. The number of amides is 1. The van der Waals surface area contributed by atoms with Gasteiger partial charge in [-0.3, -0.25) is 4.79 Å². The van der Waals surface area contributed by atoms with Gasteiger partial charge in [-0.05, 0) is 36.2 Å². The van der Waals surface area contributed by atoms with Crippen LogP contribution in [0, 0.1) is 0 Å². The zero-order valence-corrected chi connectivity index (χ0v) is 20.0. The Balaban J connectivity index is 1.57. The minimum absolute atomic E-state index is 0.177. The summed E-state index contributed by atoms with van der Waals surface area (Å²) in [4.78, 5) is 21.4. The van der Waals surface area contributed by atoms with E-state index in [4.69, 9.17) is 26.8 Å². The number of hydrogen-bond donors (Lipinski definition) is 3. The number of halogens is 1. The number of ether oxygens (including phenoxy) is 2. The van der Waals surface area contributed by atoms with Crippen LogP contribution in [0.15, 0.2) is 48.9 Å². The number of pyridine rings is 1. The topological polar surface area (TPSA) is 137 Å². The summed E-state index contributed by atoms with van der Waals surface area (Å²) in [6.07, 6.45) is 2.54. The van der Waals surface area contributed by atoms with Crippen LogP contribution in [0.1, 0.15) is 34.0 Å². The van der Waals surface area contributed by atoms with Gasteiger partial charge < -0.3 is 25.6 Å². The zero-order chi connectivity index (χ0) is 24.9. The Hall–Kier alpha value is -3.73. The number of aliphatic hydroxyl groups excluding tert-OH is 1. The monoisotopic (exact) mass is 496 g/mol. The molecule has 1 unspecified atom stereocenters. The number of aliphatic hydroxyl groups is 1. The molecule has 0 aliphatic rings. The van der Waals surface area contributed by atoms with Crippen molar-refractivity contribution in [3.8, 4) is 17.1 Å². The van der Waals surface area contributed by atoms with Crippen LogP contribution < -0.4 is 15.8 Å². The highest BCUT2D eigenvalue weighted by Crippen LogP contribution is 2.30. The number of carbonyl (C=O) groups is 1. The van der Waals surface area contributed by atoms with Crippen molar-refractivity contribution in [3.63, 3.8) is 0 Å². The highest BCUT2D eigenvalue weighted by Gasteiger charge is 2.20. The first-order valence-electron chi connectivity index (χ1n) is 10.8. The van der Waals surface area contributed by atoms with Crippen LogP contribution in [-0.2, 0) is 11.3 Å². The van der Waals surface area contributed by atoms with Crippen LogP contribution in [0.4, 0.5) is 5.82 Å². The van der Waals surface area contributed by atoms with E-state index in [1.165, 1.54) is 13.4 Å². The molecule has 0 spiro atoms. The highest BCUT2D eigenvalue weighted by molar-refractivity contribution is 6.30. The Bertz CT molecular complexity index is 1340. The lowest BCUT2D eigenvalue weighted by molar-refractivity contribution is 0.0939. The van der Waals surface area contributed by atoms with E-state index in [1.807, 2.05) is 6.07 Å². The summed E-state index contributed by atoms with van der Waals surface area (Å²) in [6.45, 7) is 0.555. The van der Waals surface area contributed by atoms with E-state index in [1.54, 1.807) is 48.2 Å². The Kier molecular flexibility index (Phi) is 7.45. The molecule has 3 aromatic heterocycles. The number of fused-ring (bicyclic) bond motifs is 1. The second-order valence-electron chi connectivity index (χ2n) is 7.79. The average molecular weight is 497 g/mol. The van der Waals surface area contributed by atoms with Crippen LogP contribution in [0.2, 0.25) is 5.02 Å². The molecule has 0 aliphatic heterocycles. The normalized spacial score (nSPS) is 12.0. The number of hydrogen-bond acceptors (Lipinski definition) is 8. The molecular formula is C24H25ClN6O4. The van der Waals surface area contributed by atoms with Crippen molar-refractivity contribution in [1.82, 2.24) is 24.9 Å². The highest BCUT2D eigenvalue weighted by atomic mass is 35.5. The number of aromatic nitrogens is 4. The van der Waals surface area contributed by atoms with Crippen molar-refractivity contribution in [2.45, 2.75) is 19.1 Å². The zero-order valence-electron chi connectivity index (χ0n) is 19.2. The first-order valence-corrected chi connectivity index (χ1v) is 11.2. The van der Waals surface area contributed by atoms with Gasteiger partial charge in [0, 0.05) is 36.0 Å². The van der Waals surface area contributed by atoms with Gasteiger partial charge in [0.05, 0.1) is 25.5 Å². The third kappa shape index (κ3) is 5.19. The summed E-state index contributed by atoms with van der Waals surface area (Å²) < 4.78 is 12.2. The van der Waals surface area contributed by atoms with E-state index < -0.39 is 6.10 Å². The van der Waals surface area contributed by atoms with E-state index in [0.29, 0.717) is 40.6 Å². The van der Waals surface area contributed by atoms with Gasteiger partial charge in [0.1, 0.15) is 17.4 Å². The molecule has 0 saturated heterocycles. The molecule has 4 N–H and O–H groups in total. The first-order chi connectivity index (χ1) is 16.9. The molecular weight excluding hydrogens is 472 g/mol. The molecule has 3 heterocycles. The number of methoxy groups -OCH3 is 2. The van der Waals surface area contributed by atoms with Gasteiger partial charge in [-0.15, -0.1) is 0 Å². The fourth-order valence-electron chi connectivity index (χ4n) is 3.80. The molecule has 0 fully saturated rings. The van der Waals surface area contributed by atoms with Gasteiger partial charge in [0.15, 0.2) is 5.82 Å². The van der Waals surface area contributed by atoms with E-state index in [2.05, 4.69) is 20.4 Å². The van der Waals surface area contributed by atoms with Gasteiger partial charge >= 0.3 is 0 Å². The molecule has 11 heteroatoms. The molecule has 182 valence electrons. The summed E-state index contributed by atoms with van der Waals surface area (Å²) in [5.41, 5.74) is 9.78. The SMILES string of the molecule is COCc1cc(-c2cnc(OC)c(C(=O)NCCC(O)c3ccc(Cl)cc3)c2)n2ncnc(N)c12. The summed E-state index contributed by atoms with van der Waals surface area (Å²) in [6, 6.07) is 10.5. The molecule has 4 rings (SSSR count). The van der Waals surface area contributed by atoms with Crippen molar-refractivity contribution in [1.29, 1.82) is 0 Å². The van der Waals surface area contributed by atoms with Crippen molar-refractivity contribution >= 4 is 28.8 Å². The minimum Gasteiger partial charge on any atom is -0.480 e. The lowest BCUT2D eigenvalue weighted by atomic mass is 10.1. The van der Waals surface area contributed by atoms with Crippen LogP contribution in [0.3, 0.4) is 0 Å². The number of benzene rings is 1. The Morgan fingerprint density at radius 1 is 1.23 bits per heavy atom. The maximum absolute atomic E-state index is 13.0. The van der Waals surface area contributed by atoms with Crippen molar-refractivity contribution in [2.24, 2.45) is 0 Å². The average Bonchev–Trinajstić information content (AvgIpc) is 3.23. The molecule has 0 radical (unpaired) electrons. The smallest absolute Gasteiger partial charge is 0.256 e. The van der Waals surface area contributed by atoms with Crippen LogP contribution in [0.25, 0.3) is 16.8 Å². The minimum atomic E-state index is -0.740. The second kappa shape index (κ2) is 10.7. The number of carbonyl (C=O) groups excluding carboxylic acids is 1. The summed E-state index contributed by atoms with van der Waals surface area (Å²) in [7, 11) is 3.03. The molecule has 1 amide bonds. The standard InChI is InChI=1S/C24H25ClN6O4/c1-34-12-16-10-19(31-21(16)22(26)29-13-30-31)15-9-18(24(35-2)28-11-15)23(33)27-8-7-20(32)14-3-5-17(25)6-4-14/h3-6,9-11,13,20,32H,7-8,12H2,1-2H3,(H,27,33)(H2,26,29,30). The molecule has 10 nitrogen and oxygen atoms in total. The maximum atomic E-state index is 13.0. The molecule has 1 aromatic carbocycles. The largest absolute Gasteiger partial charge is 0.480 e. The second-order valence-corrected chi connectivity index (χ2v) is 8.22. The van der Waals surface area contributed by atoms with Gasteiger partial charge in [-0.1, -0.05) is 23.7 Å². The summed E-state index contributed by atoms with van der Waals surface area (Å²) in [5.74, 6) is 0.111. The number of rotatable bonds is 9. The number of nitrogens with zero attached hydrogens (tertiary/aromatic N) is 4. The fraction of sp³-hybridized carbons (Fsp3) is 0.250. The van der Waals surface area contributed by atoms with Crippen molar-refractivity contribution in [2.75, 3.05) is 26.5 Å². The van der Waals surface area contributed by atoms with Crippen molar-refractivity contribution in [3.05, 3.63) is 70.6 Å². The molecule has 0 aliphatic carbocycles. The number of nitrogens with one attached hydrogen (secondary N) is 1. The summed E-state index contributed by atoms with van der Waals surface area (Å²) >= 11 is 5.90. The third-order valence-electron chi connectivity index (χ3n) is 5.50. The third-order valence-corrected chi connectivity index (χ3v) is 5.76. The molecule has 35 heavy (non-hydrogen) atoms. The molecule has 4 aromatic rings. The van der Waals surface area contributed by atoms with E-state index >= 15 is 0 Å². The van der Waals surface area contributed by atoms with E-state index in [9.17, 15) is 9.90 Å². The Labute approximate surface area is 206 Å². The number of nitrogens with two attached hydrogens (primary N) is 1. The Morgan fingerprint density at radius 2 is 2.00 bits per heavy atom. The van der Waals surface area contributed by atoms with Crippen LogP contribution in [-0.4, -0.2) is 51.4 Å². The van der Waals surface area contributed by atoms with Crippen LogP contribution in [0.5, 0.6) is 5.88 Å². The van der Waals surface area contributed by atoms with Crippen molar-refractivity contribution < 1.29 is 19.4 Å². The van der Waals surface area contributed by atoms with Gasteiger partial charge in [-0.25, -0.2) is 14.5 Å². The number of anilines is 1. The van der Waals surface area contributed by atoms with Gasteiger partial charge in [0.25, 0.3) is 5.91 Å². The summed E-state index contributed by atoms with van der Waals surface area (Å²) in [5, 5.41) is 18.1. The quantitative estimate of drug-likeness (QED) is 0.321. The fourth-order valence-corrected chi connectivity index (χ4v) is 3.93. The predicted octanol–water partition coefficient (Wildman–Crippen LogP) is 3.04.